The number of aromatic nitrogens is 2. The molecule has 1 aliphatic heterocycles. The summed E-state index contributed by atoms with van der Waals surface area (Å²) in [5.74, 6) is -0.254. The van der Waals surface area contributed by atoms with Crippen molar-refractivity contribution in [3.63, 3.8) is 0 Å². The van der Waals surface area contributed by atoms with Crippen LogP contribution in [0, 0.1) is 0 Å². The average Bonchev–Trinajstić information content (AvgIpc) is 3.12. The van der Waals surface area contributed by atoms with E-state index >= 15 is 0 Å². The third-order valence-electron chi connectivity index (χ3n) is 4.09. The first-order chi connectivity index (χ1) is 11.3. The van der Waals surface area contributed by atoms with Crippen molar-refractivity contribution in [1.29, 1.82) is 0 Å². The second kappa shape index (κ2) is 7.34. The van der Waals surface area contributed by atoms with E-state index in [1.807, 2.05) is 13.0 Å². The van der Waals surface area contributed by atoms with Crippen molar-refractivity contribution in [2.45, 2.75) is 46.0 Å². The van der Waals surface area contributed by atoms with Crippen molar-refractivity contribution in [3.8, 4) is 0 Å². The van der Waals surface area contributed by atoms with Crippen LogP contribution in [0.15, 0.2) is 6.07 Å². The van der Waals surface area contributed by atoms with E-state index in [1.54, 1.807) is 16.7 Å². The second-order valence-electron chi connectivity index (χ2n) is 7.03. The molecule has 1 aromatic rings. The molecular weight excluding hydrogens is 308 g/mol. The largest absolute Gasteiger partial charge is 0.381 e. The van der Waals surface area contributed by atoms with Crippen LogP contribution in [-0.2, 0) is 22.0 Å². The molecule has 0 radical (unpaired) electrons. The summed E-state index contributed by atoms with van der Waals surface area (Å²) >= 11 is 0. The number of carbonyl (C=O) groups excluding carboxylic acids is 2. The molecule has 2 amide bonds. The highest BCUT2D eigenvalue weighted by Gasteiger charge is 2.33. The number of hydrogen-bond donors (Lipinski definition) is 0. The van der Waals surface area contributed by atoms with Crippen LogP contribution >= 0.6 is 0 Å². The molecule has 2 heterocycles. The SMILES string of the molecule is CCOCCC(=O)N1CCCN1C(=O)c1cc(C(C)(C)C)nn1C. The Morgan fingerprint density at radius 1 is 1.25 bits per heavy atom. The third-order valence-corrected chi connectivity index (χ3v) is 4.09. The maximum atomic E-state index is 12.9. The van der Waals surface area contributed by atoms with Crippen molar-refractivity contribution in [1.82, 2.24) is 19.8 Å². The fourth-order valence-electron chi connectivity index (χ4n) is 2.68. The lowest BCUT2D eigenvalue weighted by atomic mass is 9.92. The molecule has 0 aliphatic carbocycles. The molecule has 0 atom stereocenters. The van der Waals surface area contributed by atoms with E-state index in [0.29, 0.717) is 32.0 Å². The summed E-state index contributed by atoms with van der Waals surface area (Å²) in [6.45, 7) is 10.2. The van der Waals surface area contributed by atoms with Crippen LogP contribution in [0.1, 0.15) is 56.7 Å². The molecule has 1 saturated heterocycles. The lowest BCUT2D eigenvalue weighted by molar-refractivity contribution is -0.141. The number of amides is 2. The van der Waals surface area contributed by atoms with Crippen molar-refractivity contribution in [2.24, 2.45) is 7.05 Å². The minimum Gasteiger partial charge on any atom is -0.381 e. The van der Waals surface area contributed by atoms with Gasteiger partial charge in [-0.15, -0.1) is 0 Å². The first-order valence-corrected chi connectivity index (χ1v) is 8.50. The molecule has 0 saturated carbocycles. The number of nitrogens with zero attached hydrogens (tertiary/aromatic N) is 4. The van der Waals surface area contributed by atoms with Crippen LogP contribution < -0.4 is 0 Å². The molecule has 1 fully saturated rings. The molecule has 0 N–H and O–H groups in total. The number of rotatable bonds is 5. The zero-order chi connectivity index (χ0) is 17.9. The summed E-state index contributed by atoms with van der Waals surface area (Å²) in [6, 6.07) is 1.82. The highest BCUT2D eigenvalue weighted by molar-refractivity contribution is 5.94. The molecule has 0 spiro atoms. The number of ether oxygens (including phenoxy) is 1. The zero-order valence-electron chi connectivity index (χ0n) is 15.3. The Kier molecular flexibility index (Phi) is 5.64. The van der Waals surface area contributed by atoms with E-state index in [4.69, 9.17) is 4.74 Å². The maximum Gasteiger partial charge on any atom is 0.290 e. The Bertz CT molecular complexity index is 603. The molecule has 7 nitrogen and oxygen atoms in total. The van der Waals surface area contributed by atoms with Crippen molar-refractivity contribution in [2.75, 3.05) is 26.3 Å². The molecular formula is C17H28N4O3. The molecule has 0 bridgehead atoms. The highest BCUT2D eigenvalue weighted by atomic mass is 16.5. The third kappa shape index (κ3) is 3.95. The fraction of sp³-hybridized carbons (Fsp3) is 0.706. The van der Waals surface area contributed by atoms with E-state index < -0.39 is 0 Å². The van der Waals surface area contributed by atoms with Gasteiger partial charge in [0.05, 0.1) is 18.7 Å². The second-order valence-corrected chi connectivity index (χ2v) is 7.03. The highest BCUT2D eigenvalue weighted by Crippen LogP contribution is 2.23. The summed E-state index contributed by atoms with van der Waals surface area (Å²) in [4.78, 5) is 25.2. The molecule has 0 aromatic carbocycles. The molecule has 1 aliphatic rings. The topological polar surface area (TPSA) is 67.7 Å². The quantitative estimate of drug-likeness (QED) is 0.768. The van der Waals surface area contributed by atoms with Gasteiger partial charge < -0.3 is 4.74 Å². The standard InChI is InChI=1S/C17H28N4O3/c1-6-24-11-8-15(22)20-9-7-10-21(20)16(23)13-12-14(17(2,3)4)18-19(13)5/h12H,6-11H2,1-5H3. The molecule has 1 aromatic heterocycles. The smallest absolute Gasteiger partial charge is 0.290 e. The normalized spacial score (nSPS) is 15.2. The predicted octanol–water partition coefficient (Wildman–Crippen LogP) is 1.73. The maximum absolute atomic E-state index is 12.9. The van der Waals surface area contributed by atoms with Gasteiger partial charge in [-0.05, 0) is 19.4 Å². The zero-order valence-corrected chi connectivity index (χ0v) is 15.3. The summed E-state index contributed by atoms with van der Waals surface area (Å²) < 4.78 is 6.84. The molecule has 134 valence electrons. The molecule has 2 rings (SSSR count). The Hall–Kier alpha value is -1.89. The van der Waals surface area contributed by atoms with Crippen LogP contribution in [0.2, 0.25) is 0 Å². The summed E-state index contributed by atoms with van der Waals surface area (Å²) in [5, 5.41) is 7.54. The van der Waals surface area contributed by atoms with Gasteiger partial charge in [-0.1, -0.05) is 20.8 Å². The van der Waals surface area contributed by atoms with E-state index in [9.17, 15) is 9.59 Å². The Morgan fingerprint density at radius 2 is 1.92 bits per heavy atom. The molecule has 24 heavy (non-hydrogen) atoms. The van der Waals surface area contributed by atoms with Gasteiger partial charge in [0.25, 0.3) is 5.91 Å². The van der Waals surface area contributed by atoms with E-state index in [0.717, 1.165) is 12.1 Å². The van der Waals surface area contributed by atoms with Crippen molar-refractivity contribution >= 4 is 11.8 Å². The Morgan fingerprint density at radius 3 is 2.50 bits per heavy atom. The lowest BCUT2D eigenvalue weighted by Crippen LogP contribution is -2.45. The summed E-state index contributed by atoms with van der Waals surface area (Å²) in [6.07, 6.45) is 1.08. The molecule has 0 unspecified atom stereocenters. The minimum absolute atomic E-state index is 0.0764. The number of hydrogen-bond acceptors (Lipinski definition) is 4. The number of carbonyl (C=O) groups is 2. The van der Waals surface area contributed by atoms with Gasteiger partial charge in [-0.2, -0.15) is 5.10 Å². The van der Waals surface area contributed by atoms with Crippen LogP contribution in [0.25, 0.3) is 0 Å². The van der Waals surface area contributed by atoms with Gasteiger partial charge in [0.15, 0.2) is 0 Å². The number of aryl methyl sites for hydroxylation is 1. The van der Waals surface area contributed by atoms with Crippen molar-refractivity contribution < 1.29 is 14.3 Å². The van der Waals surface area contributed by atoms with E-state index in [-0.39, 0.29) is 23.7 Å². The first kappa shape index (κ1) is 18.4. The van der Waals surface area contributed by atoms with Crippen LogP contribution in [0.4, 0.5) is 0 Å². The fourth-order valence-corrected chi connectivity index (χ4v) is 2.68. The van der Waals surface area contributed by atoms with Gasteiger partial charge in [0, 0.05) is 32.2 Å². The van der Waals surface area contributed by atoms with Gasteiger partial charge in [0.2, 0.25) is 5.91 Å². The molecule has 7 heteroatoms. The van der Waals surface area contributed by atoms with E-state index in [1.165, 1.54) is 5.01 Å². The van der Waals surface area contributed by atoms with Crippen LogP contribution in [0.5, 0.6) is 0 Å². The average molecular weight is 336 g/mol. The lowest BCUT2D eigenvalue weighted by Gasteiger charge is -2.27. The monoisotopic (exact) mass is 336 g/mol. The predicted molar refractivity (Wildman–Crippen MR) is 90.4 cm³/mol. The van der Waals surface area contributed by atoms with Gasteiger partial charge in [0.1, 0.15) is 5.69 Å². The Labute approximate surface area is 143 Å². The minimum atomic E-state index is -0.178. The summed E-state index contributed by atoms with van der Waals surface area (Å²) in [7, 11) is 1.76. The van der Waals surface area contributed by atoms with Crippen molar-refractivity contribution in [3.05, 3.63) is 17.5 Å². The summed E-state index contributed by atoms with van der Waals surface area (Å²) in [5.41, 5.74) is 1.24. The van der Waals surface area contributed by atoms with Crippen LogP contribution in [0.3, 0.4) is 0 Å². The number of hydrazine groups is 1. The van der Waals surface area contributed by atoms with Gasteiger partial charge in [-0.25, -0.2) is 5.01 Å². The van der Waals surface area contributed by atoms with Gasteiger partial charge in [-0.3, -0.25) is 19.3 Å². The van der Waals surface area contributed by atoms with Crippen LogP contribution in [-0.4, -0.2) is 57.9 Å². The van der Waals surface area contributed by atoms with E-state index in [2.05, 4.69) is 25.9 Å². The first-order valence-electron chi connectivity index (χ1n) is 8.50. The Balaban J connectivity index is 2.13. The van der Waals surface area contributed by atoms with Gasteiger partial charge >= 0.3 is 0 Å².